The summed E-state index contributed by atoms with van der Waals surface area (Å²) in [5.41, 5.74) is 0. The minimum Gasteiger partial charge on any atom is -0.462 e. The first-order valence-electron chi connectivity index (χ1n) is 26.2. The molecule has 0 fully saturated rings. The zero-order valence-corrected chi connectivity index (χ0v) is 40.4. The zero-order chi connectivity index (χ0) is 43.3. The maximum atomic E-state index is 12.8. The highest BCUT2D eigenvalue weighted by atomic mass is 16.6. The van der Waals surface area contributed by atoms with Crippen LogP contribution in [-0.2, 0) is 28.6 Å². The fraction of sp³-hybridized carbons (Fsp3) is 0.943. The van der Waals surface area contributed by atoms with E-state index in [1.165, 1.54) is 180 Å². The van der Waals surface area contributed by atoms with Crippen LogP contribution >= 0.6 is 0 Å². The van der Waals surface area contributed by atoms with Gasteiger partial charge in [-0.15, -0.1) is 0 Å². The van der Waals surface area contributed by atoms with E-state index < -0.39 is 6.10 Å². The fourth-order valence-corrected chi connectivity index (χ4v) is 7.99. The van der Waals surface area contributed by atoms with Crippen molar-refractivity contribution in [3.63, 3.8) is 0 Å². The first-order valence-corrected chi connectivity index (χ1v) is 26.2. The standard InChI is InChI=1S/C53H102O6/c1-6-7-8-9-26-33-38-43-51(54)57-46-50(59-53(56)45-40-35-30-25-21-17-13-15-19-23-28-32-37-42-49(4)5)47-58-52(55)44-39-34-29-24-20-16-12-10-11-14-18-22-27-31-36-41-48(2)3/h48-50H,6-47H2,1-5H3/t50-/m0/s1. The van der Waals surface area contributed by atoms with Crippen molar-refractivity contribution in [3.8, 4) is 0 Å². The van der Waals surface area contributed by atoms with E-state index in [2.05, 4.69) is 34.6 Å². The van der Waals surface area contributed by atoms with Gasteiger partial charge in [0.1, 0.15) is 13.2 Å². The Kier molecular flexibility index (Phi) is 44.7. The maximum Gasteiger partial charge on any atom is 0.306 e. The van der Waals surface area contributed by atoms with Crippen LogP contribution < -0.4 is 0 Å². The average Bonchev–Trinajstić information content (AvgIpc) is 3.20. The van der Waals surface area contributed by atoms with Crippen molar-refractivity contribution in [2.24, 2.45) is 11.8 Å². The van der Waals surface area contributed by atoms with E-state index in [9.17, 15) is 14.4 Å². The van der Waals surface area contributed by atoms with Crippen LogP contribution in [0.3, 0.4) is 0 Å². The lowest BCUT2D eigenvalue weighted by atomic mass is 10.0. The molecule has 0 spiro atoms. The third-order valence-corrected chi connectivity index (χ3v) is 12.0. The summed E-state index contributed by atoms with van der Waals surface area (Å²) in [6.07, 6.45) is 46.7. The number of esters is 3. The lowest BCUT2D eigenvalue weighted by molar-refractivity contribution is -0.167. The van der Waals surface area contributed by atoms with Crippen LogP contribution in [-0.4, -0.2) is 37.2 Å². The molecule has 0 aromatic carbocycles. The predicted octanol–water partition coefficient (Wildman–Crippen LogP) is 16.9. The molecule has 0 N–H and O–H groups in total. The molecule has 0 aliphatic heterocycles. The lowest BCUT2D eigenvalue weighted by Crippen LogP contribution is -2.30. The molecular formula is C53H102O6. The van der Waals surface area contributed by atoms with Crippen molar-refractivity contribution in [1.82, 2.24) is 0 Å². The second-order valence-corrected chi connectivity index (χ2v) is 19.1. The van der Waals surface area contributed by atoms with Gasteiger partial charge in [-0.05, 0) is 31.1 Å². The van der Waals surface area contributed by atoms with Gasteiger partial charge in [-0.1, -0.05) is 253 Å². The van der Waals surface area contributed by atoms with Crippen LogP contribution in [0.2, 0.25) is 0 Å². The van der Waals surface area contributed by atoms with E-state index in [0.717, 1.165) is 69.6 Å². The number of rotatable bonds is 47. The predicted molar refractivity (Wildman–Crippen MR) is 252 cm³/mol. The summed E-state index contributed by atoms with van der Waals surface area (Å²) in [5, 5.41) is 0. The summed E-state index contributed by atoms with van der Waals surface area (Å²) >= 11 is 0. The van der Waals surface area contributed by atoms with Crippen molar-refractivity contribution in [2.45, 2.75) is 298 Å². The van der Waals surface area contributed by atoms with Crippen molar-refractivity contribution < 1.29 is 28.6 Å². The number of hydrogen-bond acceptors (Lipinski definition) is 6. The zero-order valence-electron chi connectivity index (χ0n) is 40.4. The van der Waals surface area contributed by atoms with Gasteiger partial charge in [0, 0.05) is 19.3 Å². The van der Waals surface area contributed by atoms with E-state index in [1.54, 1.807) is 0 Å². The summed E-state index contributed by atoms with van der Waals surface area (Å²) < 4.78 is 16.8. The first kappa shape index (κ1) is 57.4. The quantitative estimate of drug-likeness (QED) is 0.0345. The second-order valence-electron chi connectivity index (χ2n) is 19.1. The van der Waals surface area contributed by atoms with Crippen LogP contribution in [0.15, 0.2) is 0 Å². The van der Waals surface area contributed by atoms with E-state index in [-0.39, 0.29) is 31.1 Å². The van der Waals surface area contributed by atoms with Gasteiger partial charge in [-0.3, -0.25) is 14.4 Å². The maximum absolute atomic E-state index is 12.8. The summed E-state index contributed by atoms with van der Waals surface area (Å²) in [6, 6.07) is 0. The lowest BCUT2D eigenvalue weighted by Gasteiger charge is -2.18. The fourth-order valence-electron chi connectivity index (χ4n) is 7.99. The number of carbonyl (C=O) groups is 3. The number of ether oxygens (including phenoxy) is 3. The molecule has 0 aromatic heterocycles. The molecule has 6 nitrogen and oxygen atoms in total. The van der Waals surface area contributed by atoms with Crippen LogP contribution in [0.25, 0.3) is 0 Å². The molecule has 0 saturated heterocycles. The molecule has 0 saturated carbocycles. The molecular weight excluding hydrogens is 733 g/mol. The molecule has 0 aromatic rings. The summed E-state index contributed by atoms with van der Waals surface area (Å²) in [7, 11) is 0. The van der Waals surface area contributed by atoms with Gasteiger partial charge < -0.3 is 14.2 Å². The largest absolute Gasteiger partial charge is 0.462 e. The molecule has 0 amide bonds. The third-order valence-electron chi connectivity index (χ3n) is 12.0. The second kappa shape index (κ2) is 45.9. The molecule has 0 unspecified atom stereocenters. The number of hydrogen-bond donors (Lipinski definition) is 0. The van der Waals surface area contributed by atoms with Crippen LogP contribution in [0.5, 0.6) is 0 Å². The van der Waals surface area contributed by atoms with Gasteiger partial charge in [0.2, 0.25) is 0 Å². The first-order chi connectivity index (χ1) is 28.7. The van der Waals surface area contributed by atoms with Crippen LogP contribution in [0, 0.1) is 11.8 Å². The van der Waals surface area contributed by atoms with E-state index in [0.29, 0.717) is 19.3 Å². The summed E-state index contributed by atoms with van der Waals surface area (Å²) in [5.74, 6) is 0.834. The molecule has 6 heteroatoms. The third kappa shape index (κ3) is 47.3. The summed E-state index contributed by atoms with van der Waals surface area (Å²) in [4.78, 5) is 37.8. The minimum atomic E-state index is -0.760. The molecule has 0 bridgehead atoms. The Hall–Kier alpha value is -1.59. The molecule has 0 aliphatic carbocycles. The van der Waals surface area contributed by atoms with Gasteiger partial charge in [-0.25, -0.2) is 0 Å². The Labute approximate surface area is 368 Å². The highest BCUT2D eigenvalue weighted by molar-refractivity contribution is 5.71. The number of carbonyl (C=O) groups excluding carboxylic acids is 3. The van der Waals surface area contributed by atoms with E-state index in [1.807, 2.05) is 0 Å². The molecule has 0 aliphatic rings. The smallest absolute Gasteiger partial charge is 0.306 e. The molecule has 0 heterocycles. The molecule has 0 radical (unpaired) electrons. The molecule has 0 rings (SSSR count). The summed E-state index contributed by atoms with van der Waals surface area (Å²) in [6.45, 7) is 11.4. The SMILES string of the molecule is CCCCCCCCCC(=O)OC[C@@H](COC(=O)CCCCCCCCCCCCCCCCCC(C)C)OC(=O)CCCCCCCCCCCCCCCC(C)C. The van der Waals surface area contributed by atoms with Crippen molar-refractivity contribution in [2.75, 3.05) is 13.2 Å². The van der Waals surface area contributed by atoms with Crippen molar-refractivity contribution >= 4 is 17.9 Å². The van der Waals surface area contributed by atoms with Crippen molar-refractivity contribution in [3.05, 3.63) is 0 Å². The van der Waals surface area contributed by atoms with Gasteiger partial charge >= 0.3 is 17.9 Å². The van der Waals surface area contributed by atoms with Gasteiger partial charge in [0.25, 0.3) is 0 Å². The average molecular weight is 835 g/mol. The topological polar surface area (TPSA) is 78.9 Å². The Morgan fingerprint density at radius 2 is 0.559 bits per heavy atom. The molecule has 1 atom stereocenters. The Balaban J connectivity index is 4.18. The molecule has 350 valence electrons. The van der Waals surface area contributed by atoms with E-state index in [4.69, 9.17) is 14.2 Å². The minimum absolute atomic E-state index is 0.0638. The highest BCUT2D eigenvalue weighted by Gasteiger charge is 2.19. The van der Waals surface area contributed by atoms with Gasteiger partial charge in [-0.2, -0.15) is 0 Å². The Morgan fingerprint density at radius 1 is 0.322 bits per heavy atom. The van der Waals surface area contributed by atoms with Crippen molar-refractivity contribution in [1.29, 1.82) is 0 Å². The Morgan fingerprint density at radius 3 is 0.831 bits per heavy atom. The number of unbranched alkanes of at least 4 members (excludes halogenated alkanes) is 32. The normalized spacial score (nSPS) is 12.1. The molecule has 59 heavy (non-hydrogen) atoms. The highest BCUT2D eigenvalue weighted by Crippen LogP contribution is 2.17. The van der Waals surface area contributed by atoms with Crippen LogP contribution in [0.4, 0.5) is 0 Å². The van der Waals surface area contributed by atoms with Gasteiger partial charge in [0.15, 0.2) is 6.10 Å². The van der Waals surface area contributed by atoms with Gasteiger partial charge in [0.05, 0.1) is 0 Å². The van der Waals surface area contributed by atoms with Crippen LogP contribution in [0.1, 0.15) is 291 Å². The monoisotopic (exact) mass is 835 g/mol. The Bertz CT molecular complexity index is 900. The van der Waals surface area contributed by atoms with E-state index >= 15 is 0 Å².